The third-order valence-electron chi connectivity index (χ3n) is 2.64. The van der Waals surface area contributed by atoms with Crippen LogP contribution in [0.3, 0.4) is 0 Å². The molecule has 7 heteroatoms. The van der Waals surface area contributed by atoms with Crippen molar-refractivity contribution in [3.05, 3.63) is 47.2 Å². The molecular formula is C14H10F3N3O. The Labute approximate surface area is 118 Å². The summed E-state index contributed by atoms with van der Waals surface area (Å²) < 4.78 is 44.1. The summed E-state index contributed by atoms with van der Waals surface area (Å²) in [5.74, 6) is -0.626. The second-order valence-electron chi connectivity index (χ2n) is 4.27. The fourth-order valence-electron chi connectivity index (χ4n) is 1.66. The molecule has 0 saturated carbocycles. The van der Waals surface area contributed by atoms with Gasteiger partial charge in [0.1, 0.15) is 22.9 Å². The number of rotatable bonds is 2. The molecule has 2 N–H and O–H groups in total. The number of alkyl halides is 3. The van der Waals surface area contributed by atoms with Crippen LogP contribution >= 0.6 is 0 Å². The van der Waals surface area contributed by atoms with Crippen molar-refractivity contribution in [1.29, 1.82) is 5.26 Å². The molecule has 2 aromatic rings. The Bertz CT molecular complexity index is 720. The van der Waals surface area contributed by atoms with E-state index in [-0.39, 0.29) is 17.1 Å². The lowest BCUT2D eigenvalue weighted by Gasteiger charge is -2.14. The minimum Gasteiger partial charge on any atom is -0.437 e. The lowest BCUT2D eigenvalue weighted by Crippen LogP contribution is -2.08. The van der Waals surface area contributed by atoms with Gasteiger partial charge >= 0.3 is 6.18 Å². The number of hydrogen-bond donors (Lipinski definition) is 1. The molecule has 0 atom stereocenters. The predicted octanol–water partition coefficient (Wildman–Crippen LogP) is 3.66. The summed E-state index contributed by atoms with van der Waals surface area (Å²) in [6.07, 6.45) is -4.62. The number of hydrogen-bond acceptors (Lipinski definition) is 4. The predicted molar refractivity (Wildman–Crippen MR) is 69.6 cm³/mol. The summed E-state index contributed by atoms with van der Waals surface area (Å²) in [6.45, 7) is 1.64. The highest BCUT2D eigenvalue weighted by Gasteiger charge is 2.35. The summed E-state index contributed by atoms with van der Waals surface area (Å²) in [5, 5.41) is 8.95. The first-order chi connectivity index (χ1) is 9.81. The fraction of sp³-hybridized carbons (Fsp3) is 0.143. The molecule has 0 aliphatic heterocycles. The van der Waals surface area contributed by atoms with E-state index in [9.17, 15) is 13.2 Å². The van der Waals surface area contributed by atoms with Crippen molar-refractivity contribution in [2.45, 2.75) is 13.1 Å². The number of aromatic nitrogens is 1. The lowest BCUT2D eigenvalue weighted by atomic mass is 10.1. The van der Waals surface area contributed by atoms with Gasteiger partial charge in [0.2, 0.25) is 5.88 Å². The molecule has 21 heavy (non-hydrogen) atoms. The standard InChI is InChI=1S/C14H10F3N3O/c1-8-2-3-9(7-18)13(20-8)21-12-5-4-10(19)6-11(12)14(15,16)17/h2-6H,19H2,1H3. The average molecular weight is 293 g/mol. The molecule has 1 heterocycles. The molecule has 0 spiro atoms. The number of pyridine rings is 1. The van der Waals surface area contributed by atoms with E-state index >= 15 is 0 Å². The highest BCUT2D eigenvalue weighted by Crippen LogP contribution is 2.39. The zero-order valence-electron chi connectivity index (χ0n) is 10.9. The number of nitrogens with two attached hydrogens (primary N) is 1. The first-order valence-electron chi connectivity index (χ1n) is 5.83. The van der Waals surface area contributed by atoms with Gasteiger partial charge in [-0.3, -0.25) is 0 Å². The Morgan fingerprint density at radius 2 is 1.95 bits per heavy atom. The SMILES string of the molecule is Cc1ccc(C#N)c(Oc2ccc(N)cc2C(F)(F)F)n1. The van der Waals surface area contributed by atoms with Crippen LogP contribution < -0.4 is 10.5 Å². The quantitative estimate of drug-likeness (QED) is 0.858. The summed E-state index contributed by atoms with van der Waals surface area (Å²) in [6, 6.07) is 7.98. The number of anilines is 1. The minimum atomic E-state index is -4.62. The van der Waals surface area contributed by atoms with E-state index in [0.29, 0.717) is 5.69 Å². The molecule has 0 aliphatic rings. The highest BCUT2D eigenvalue weighted by molar-refractivity contribution is 5.51. The molecule has 0 amide bonds. The van der Waals surface area contributed by atoms with Gasteiger partial charge in [0.15, 0.2) is 0 Å². The normalized spacial score (nSPS) is 11.0. The van der Waals surface area contributed by atoms with Crippen molar-refractivity contribution in [3.8, 4) is 17.7 Å². The molecule has 0 fully saturated rings. The maximum Gasteiger partial charge on any atom is 0.420 e. The van der Waals surface area contributed by atoms with Crippen molar-refractivity contribution in [2.24, 2.45) is 0 Å². The van der Waals surface area contributed by atoms with Gasteiger partial charge in [-0.15, -0.1) is 0 Å². The van der Waals surface area contributed by atoms with Gasteiger partial charge in [0.05, 0.1) is 0 Å². The molecule has 0 bridgehead atoms. The Morgan fingerprint density at radius 3 is 2.57 bits per heavy atom. The zero-order chi connectivity index (χ0) is 15.6. The third-order valence-corrected chi connectivity index (χ3v) is 2.64. The Balaban J connectivity index is 2.50. The number of benzene rings is 1. The summed E-state index contributed by atoms with van der Waals surface area (Å²) in [4.78, 5) is 3.94. The van der Waals surface area contributed by atoms with Crippen LogP contribution in [0, 0.1) is 18.3 Å². The Morgan fingerprint density at radius 1 is 1.24 bits per heavy atom. The van der Waals surface area contributed by atoms with Gasteiger partial charge in [0, 0.05) is 11.4 Å². The van der Waals surface area contributed by atoms with Gasteiger partial charge < -0.3 is 10.5 Å². The van der Waals surface area contributed by atoms with Crippen molar-refractivity contribution in [1.82, 2.24) is 4.98 Å². The monoisotopic (exact) mass is 293 g/mol. The molecule has 1 aromatic heterocycles. The summed E-state index contributed by atoms with van der Waals surface area (Å²) >= 11 is 0. The van der Waals surface area contributed by atoms with Crippen LogP contribution in [0.25, 0.3) is 0 Å². The maximum absolute atomic E-state index is 13.0. The number of nitrogens with zero attached hydrogens (tertiary/aromatic N) is 2. The lowest BCUT2D eigenvalue weighted by molar-refractivity contribution is -0.138. The Hall–Kier alpha value is -2.75. The van der Waals surface area contributed by atoms with Gasteiger partial charge in [-0.1, -0.05) is 0 Å². The number of nitrogen functional groups attached to an aromatic ring is 1. The van der Waals surface area contributed by atoms with Crippen molar-refractivity contribution in [3.63, 3.8) is 0 Å². The van der Waals surface area contributed by atoms with Gasteiger partial charge in [0.25, 0.3) is 0 Å². The van der Waals surface area contributed by atoms with Crippen LogP contribution in [-0.4, -0.2) is 4.98 Å². The van der Waals surface area contributed by atoms with Gasteiger partial charge in [-0.2, -0.15) is 18.4 Å². The topological polar surface area (TPSA) is 71.9 Å². The Kier molecular flexibility index (Phi) is 3.72. The van der Waals surface area contributed by atoms with Crippen molar-refractivity contribution in [2.75, 3.05) is 5.73 Å². The molecule has 1 aromatic carbocycles. The van der Waals surface area contributed by atoms with Crippen LogP contribution in [0.15, 0.2) is 30.3 Å². The van der Waals surface area contributed by atoms with Crippen LogP contribution in [0.1, 0.15) is 16.8 Å². The fourth-order valence-corrected chi connectivity index (χ4v) is 1.66. The second kappa shape index (κ2) is 5.32. The van der Waals surface area contributed by atoms with Crippen molar-refractivity contribution < 1.29 is 17.9 Å². The minimum absolute atomic E-state index is 0.0348. The smallest absolute Gasteiger partial charge is 0.420 e. The van der Waals surface area contributed by atoms with E-state index in [1.165, 1.54) is 12.1 Å². The van der Waals surface area contributed by atoms with E-state index in [1.54, 1.807) is 13.0 Å². The summed E-state index contributed by atoms with van der Waals surface area (Å²) in [7, 11) is 0. The zero-order valence-corrected chi connectivity index (χ0v) is 10.9. The number of ether oxygens (including phenoxy) is 1. The summed E-state index contributed by atoms with van der Waals surface area (Å²) in [5.41, 5.74) is 4.89. The molecule has 108 valence electrons. The third kappa shape index (κ3) is 3.23. The van der Waals surface area contributed by atoms with Crippen LogP contribution in [0.5, 0.6) is 11.6 Å². The van der Waals surface area contributed by atoms with E-state index in [0.717, 1.165) is 12.1 Å². The second-order valence-corrected chi connectivity index (χ2v) is 4.27. The molecule has 0 radical (unpaired) electrons. The van der Waals surface area contributed by atoms with Crippen LogP contribution in [-0.2, 0) is 6.18 Å². The first kappa shape index (κ1) is 14.7. The highest BCUT2D eigenvalue weighted by atomic mass is 19.4. The van der Waals surface area contributed by atoms with E-state index in [1.807, 2.05) is 6.07 Å². The van der Waals surface area contributed by atoms with Crippen LogP contribution in [0.4, 0.5) is 18.9 Å². The van der Waals surface area contributed by atoms with Crippen molar-refractivity contribution >= 4 is 5.69 Å². The van der Waals surface area contributed by atoms with Gasteiger partial charge in [-0.25, -0.2) is 4.98 Å². The largest absolute Gasteiger partial charge is 0.437 e. The molecule has 0 aliphatic carbocycles. The molecule has 0 saturated heterocycles. The molecular weight excluding hydrogens is 283 g/mol. The maximum atomic E-state index is 13.0. The number of halogens is 3. The molecule has 4 nitrogen and oxygen atoms in total. The van der Waals surface area contributed by atoms with E-state index in [4.69, 9.17) is 15.7 Å². The van der Waals surface area contributed by atoms with Crippen LogP contribution in [0.2, 0.25) is 0 Å². The number of aryl methyl sites for hydroxylation is 1. The molecule has 2 rings (SSSR count). The number of nitriles is 1. The molecule has 0 unspecified atom stereocenters. The van der Waals surface area contributed by atoms with E-state index < -0.39 is 17.5 Å². The van der Waals surface area contributed by atoms with Gasteiger partial charge in [-0.05, 0) is 37.3 Å². The average Bonchev–Trinajstić information content (AvgIpc) is 2.40. The first-order valence-corrected chi connectivity index (χ1v) is 5.83. The van der Waals surface area contributed by atoms with E-state index in [2.05, 4.69) is 4.98 Å².